The predicted molar refractivity (Wildman–Crippen MR) is 95.0 cm³/mol. The monoisotopic (exact) mass is 335 g/mol. The van der Waals surface area contributed by atoms with Crippen LogP contribution in [-0.4, -0.2) is 25.2 Å². The molecule has 1 atom stereocenters. The van der Waals surface area contributed by atoms with Gasteiger partial charge in [0.15, 0.2) is 5.76 Å². The topological polar surface area (TPSA) is 59.8 Å². The number of hydrogen-bond donors (Lipinski definition) is 0. The van der Waals surface area contributed by atoms with Gasteiger partial charge in [0, 0.05) is 12.3 Å². The molecule has 0 radical (unpaired) electrons. The van der Waals surface area contributed by atoms with E-state index in [2.05, 4.69) is 0 Å². The largest absolute Gasteiger partial charge is 0.417 e. The molecule has 2 heterocycles. The number of anilines is 1. The van der Waals surface area contributed by atoms with Gasteiger partial charge in [-0.3, -0.25) is 4.79 Å². The van der Waals surface area contributed by atoms with Crippen molar-refractivity contribution in [1.82, 2.24) is 0 Å². The molecule has 1 fully saturated rings. The minimum Gasteiger partial charge on any atom is -0.417 e. The highest BCUT2D eigenvalue weighted by Gasteiger charge is 2.31. The molecule has 1 aromatic heterocycles. The zero-order valence-electron chi connectivity index (χ0n) is 13.6. The number of rotatable bonds is 3. The first-order valence-electron chi connectivity index (χ1n) is 8.23. The van der Waals surface area contributed by atoms with Gasteiger partial charge in [-0.2, -0.15) is 0 Å². The Morgan fingerprint density at radius 1 is 1.04 bits per heavy atom. The van der Waals surface area contributed by atoms with E-state index in [0.29, 0.717) is 24.0 Å². The Morgan fingerprint density at radius 3 is 2.56 bits per heavy atom. The maximum atomic E-state index is 13.2. The summed E-state index contributed by atoms with van der Waals surface area (Å²) < 4.78 is 10.8. The fraction of sp³-hybridized carbons (Fsp3) is 0.200. The summed E-state index contributed by atoms with van der Waals surface area (Å²) in [6.07, 6.45) is 0.748. The van der Waals surface area contributed by atoms with E-state index in [1.54, 1.807) is 29.2 Å². The molecular formula is C20H17NO4. The molecule has 0 aliphatic carbocycles. The van der Waals surface area contributed by atoms with Crippen LogP contribution in [0.3, 0.4) is 0 Å². The molecule has 5 nitrogen and oxygen atoms in total. The summed E-state index contributed by atoms with van der Waals surface area (Å²) in [6.45, 7) is 1.08. The number of amides is 1. The molecule has 1 aliphatic heterocycles. The Labute approximate surface area is 144 Å². The number of carbonyl (C=O) groups excluding carboxylic acids is 1. The molecule has 0 N–H and O–H groups in total. The molecule has 4 rings (SSSR count). The van der Waals surface area contributed by atoms with Crippen LogP contribution in [0.5, 0.6) is 0 Å². The van der Waals surface area contributed by atoms with Crippen LogP contribution in [-0.2, 0) is 4.74 Å². The summed E-state index contributed by atoms with van der Waals surface area (Å²) in [6, 6.07) is 18.0. The zero-order chi connectivity index (χ0) is 17.2. The van der Waals surface area contributed by atoms with Crippen molar-refractivity contribution in [3.05, 3.63) is 76.8 Å². The number of para-hydroxylation sites is 1. The lowest BCUT2D eigenvalue weighted by Crippen LogP contribution is -2.41. The van der Waals surface area contributed by atoms with Crippen molar-refractivity contribution < 1.29 is 13.9 Å². The summed E-state index contributed by atoms with van der Waals surface area (Å²) in [5.41, 5.74) is 0.260. The first-order valence-corrected chi connectivity index (χ1v) is 8.23. The quantitative estimate of drug-likeness (QED) is 0.737. The van der Waals surface area contributed by atoms with Crippen LogP contribution >= 0.6 is 0 Å². The molecule has 1 aliphatic rings. The average molecular weight is 335 g/mol. The van der Waals surface area contributed by atoms with Crippen molar-refractivity contribution in [2.45, 2.75) is 12.5 Å². The molecule has 3 aromatic rings. The van der Waals surface area contributed by atoms with E-state index in [1.165, 1.54) is 0 Å². The third-order valence-electron chi connectivity index (χ3n) is 4.40. The van der Waals surface area contributed by atoms with E-state index in [9.17, 15) is 9.59 Å². The maximum absolute atomic E-state index is 13.2. The molecule has 126 valence electrons. The molecule has 1 saturated heterocycles. The normalized spacial score (nSPS) is 16.9. The van der Waals surface area contributed by atoms with Crippen molar-refractivity contribution >= 4 is 22.4 Å². The average Bonchev–Trinajstić information content (AvgIpc) is 3.17. The summed E-state index contributed by atoms with van der Waals surface area (Å²) in [7, 11) is 0. The number of fused-ring (bicyclic) bond motifs is 1. The number of hydrogen-bond acceptors (Lipinski definition) is 4. The summed E-state index contributed by atoms with van der Waals surface area (Å²) in [5.74, 6) is -0.288. The molecule has 2 aromatic carbocycles. The second-order valence-corrected chi connectivity index (χ2v) is 6.01. The van der Waals surface area contributed by atoms with Gasteiger partial charge in [0.2, 0.25) is 0 Å². The van der Waals surface area contributed by atoms with Crippen molar-refractivity contribution in [2.75, 3.05) is 18.1 Å². The Balaban J connectivity index is 1.79. The van der Waals surface area contributed by atoms with Crippen molar-refractivity contribution in [2.24, 2.45) is 0 Å². The van der Waals surface area contributed by atoms with Crippen LogP contribution in [0.25, 0.3) is 10.8 Å². The molecule has 5 heteroatoms. The lowest BCUT2D eigenvalue weighted by Gasteiger charge is -2.27. The minimum absolute atomic E-state index is 0.0412. The fourth-order valence-electron chi connectivity index (χ4n) is 3.17. The van der Waals surface area contributed by atoms with Gasteiger partial charge in [-0.15, -0.1) is 0 Å². The molecule has 1 unspecified atom stereocenters. The number of benzene rings is 2. The van der Waals surface area contributed by atoms with Crippen molar-refractivity contribution in [1.29, 1.82) is 0 Å². The standard InChI is InChI=1S/C20H17NO4/c22-19(18-12-14-6-4-5-9-17(14)20(23)25-18)21(16-10-11-24-13-16)15-7-2-1-3-8-15/h1-9,12,16H,10-11,13H2. The second kappa shape index (κ2) is 6.53. The number of carbonyl (C=O) groups is 1. The molecule has 0 spiro atoms. The first kappa shape index (κ1) is 15.6. The highest BCUT2D eigenvalue weighted by Crippen LogP contribution is 2.24. The highest BCUT2D eigenvalue weighted by molar-refractivity contribution is 6.06. The molecular weight excluding hydrogens is 318 g/mol. The van der Waals surface area contributed by atoms with E-state index >= 15 is 0 Å². The van der Waals surface area contributed by atoms with Gasteiger partial charge in [-0.05, 0) is 36.1 Å². The molecule has 1 amide bonds. The third kappa shape index (κ3) is 2.94. The van der Waals surface area contributed by atoms with Gasteiger partial charge >= 0.3 is 5.63 Å². The van der Waals surface area contributed by atoms with Crippen molar-refractivity contribution in [3.8, 4) is 0 Å². The third-order valence-corrected chi connectivity index (χ3v) is 4.40. The number of ether oxygens (including phenoxy) is 1. The molecule has 25 heavy (non-hydrogen) atoms. The Hall–Kier alpha value is -2.92. The summed E-state index contributed by atoms with van der Waals surface area (Å²) in [4.78, 5) is 27.1. The van der Waals surface area contributed by atoms with E-state index in [0.717, 1.165) is 12.1 Å². The lowest BCUT2D eigenvalue weighted by atomic mass is 10.1. The smallest absolute Gasteiger partial charge is 0.344 e. The Morgan fingerprint density at radius 2 is 1.80 bits per heavy atom. The van der Waals surface area contributed by atoms with Crippen LogP contribution in [0.4, 0.5) is 5.69 Å². The Kier molecular flexibility index (Phi) is 4.07. The maximum Gasteiger partial charge on any atom is 0.344 e. The number of nitrogens with zero attached hydrogens (tertiary/aromatic N) is 1. The van der Waals surface area contributed by atoms with Gasteiger partial charge in [0.05, 0.1) is 18.0 Å². The van der Waals surface area contributed by atoms with Gasteiger partial charge in [-0.1, -0.05) is 36.4 Å². The lowest BCUT2D eigenvalue weighted by molar-refractivity contribution is 0.0941. The summed E-state index contributed by atoms with van der Waals surface area (Å²) in [5, 5.41) is 1.16. The van der Waals surface area contributed by atoms with Crippen LogP contribution in [0, 0.1) is 0 Å². The van der Waals surface area contributed by atoms with Crippen LogP contribution in [0.2, 0.25) is 0 Å². The van der Waals surface area contributed by atoms with E-state index in [-0.39, 0.29) is 17.7 Å². The SMILES string of the molecule is O=C(c1cc2ccccc2c(=O)o1)N(c1ccccc1)C1CCOC1. The van der Waals surface area contributed by atoms with Crippen LogP contribution in [0.15, 0.2) is 69.9 Å². The summed E-state index contributed by atoms with van der Waals surface area (Å²) >= 11 is 0. The fourth-order valence-corrected chi connectivity index (χ4v) is 3.17. The highest BCUT2D eigenvalue weighted by atomic mass is 16.5. The van der Waals surface area contributed by atoms with Crippen LogP contribution in [0.1, 0.15) is 17.0 Å². The van der Waals surface area contributed by atoms with Crippen LogP contribution < -0.4 is 10.5 Å². The van der Waals surface area contributed by atoms with Crippen molar-refractivity contribution in [3.63, 3.8) is 0 Å². The zero-order valence-corrected chi connectivity index (χ0v) is 13.6. The van der Waals surface area contributed by atoms with Gasteiger partial charge < -0.3 is 14.1 Å². The van der Waals surface area contributed by atoms with Gasteiger partial charge in [0.25, 0.3) is 5.91 Å². The minimum atomic E-state index is -0.503. The van der Waals surface area contributed by atoms with Gasteiger partial charge in [0.1, 0.15) is 0 Å². The first-order chi connectivity index (χ1) is 12.2. The predicted octanol–water partition coefficient (Wildman–Crippen LogP) is 3.23. The van der Waals surface area contributed by atoms with E-state index < -0.39 is 5.63 Å². The van der Waals surface area contributed by atoms with E-state index in [4.69, 9.17) is 9.15 Å². The molecule has 0 saturated carbocycles. The van der Waals surface area contributed by atoms with E-state index in [1.807, 2.05) is 36.4 Å². The molecule has 0 bridgehead atoms. The Bertz CT molecular complexity index is 958. The van der Waals surface area contributed by atoms with Gasteiger partial charge in [-0.25, -0.2) is 4.79 Å². The second-order valence-electron chi connectivity index (χ2n) is 6.01.